The van der Waals surface area contributed by atoms with Crippen molar-refractivity contribution in [3.8, 4) is 0 Å². The number of hydrogen-bond acceptors (Lipinski definition) is 2. The van der Waals surface area contributed by atoms with Crippen LogP contribution in [0.2, 0.25) is 0 Å². The third-order valence-electron chi connectivity index (χ3n) is 1.48. The Balaban J connectivity index is 3.40. The van der Waals surface area contributed by atoms with Gasteiger partial charge in [0.25, 0.3) is 6.43 Å². The third kappa shape index (κ3) is 1.81. The van der Waals surface area contributed by atoms with Crippen LogP contribution in [0.25, 0.3) is 0 Å². The van der Waals surface area contributed by atoms with Crippen molar-refractivity contribution < 1.29 is 22.5 Å². The number of rotatable bonds is 2. The smallest absolute Gasteiger partial charge is 0.258 e. The molecule has 0 aliphatic carbocycles. The Bertz CT molecular complexity index is 380. The molecule has 1 aromatic carbocycles. The first-order valence-corrected chi connectivity index (χ1v) is 3.35. The summed E-state index contributed by atoms with van der Waals surface area (Å²) in [7, 11) is 0. The van der Waals surface area contributed by atoms with Gasteiger partial charge >= 0.3 is 5.69 Å². The quantitative estimate of drug-likeness (QED) is 0.427. The van der Waals surface area contributed by atoms with Crippen molar-refractivity contribution in [2.45, 2.75) is 6.43 Å². The Morgan fingerprint density at radius 1 is 1.29 bits per heavy atom. The predicted molar refractivity (Wildman–Crippen MR) is 38.0 cm³/mol. The second-order valence-electron chi connectivity index (χ2n) is 2.39. The van der Waals surface area contributed by atoms with Gasteiger partial charge < -0.3 is 0 Å². The van der Waals surface area contributed by atoms with Gasteiger partial charge in [-0.05, 0) is 6.07 Å². The minimum absolute atomic E-state index is 0.229. The van der Waals surface area contributed by atoms with Gasteiger partial charge in [0.05, 0.1) is 16.6 Å². The molecule has 0 unspecified atom stereocenters. The molecule has 14 heavy (non-hydrogen) atoms. The molecule has 0 atom stereocenters. The highest BCUT2D eigenvalue weighted by Gasteiger charge is 2.24. The van der Waals surface area contributed by atoms with Gasteiger partial charge in [0.15, 0.2) is 0 Å². The molecule has 0 spiro atoms. The number of alkyl halides is 2. The minimum Gasteiger partial charge on any atom is -0.258 e. The van der Waals surface area contributed by atoms with Crippen molar-refractivity contribution in [3.05, 3.63) is 39.4 Å². The van der Waals surface area contributed by atoms with E-state index >= 15 is 0 Å². The summed E-state index contributed by atoms with van der Waals surface area (Å²) in [5, 5.41) is 10.1. The summed E-state index contributed by atoms with van der Waals surface area (Å²) in [6.45, 7) is 0. The molecule has 0 aromatic heterocycles. The van der Waals surface area contributed by atoms with Crippen molar-refractivity contribution >= 4 is 5.69 Å². The van der Waals surface area contributed by atoms with Gasteiger partial charge in [-0.2, -0.15) is 4.39 Å². The zero-order valence-corrected chi connectivity index (χ0v) is 6.51. The second kappa shape index (κ2) is 3.60. The Morgan fingerprint density at radius 3 is 2.29 bits per heavy atom. The van der Waals surface area contributed by atoms with E-state index in [0.717, 1.165) is 0 Å². The average Bonchev–Trinajstić information content (AvgIpc) is 2.07. The predicted octanol–water partition coefficient (Wildman–Crippen LogP) is 2.81. The fourth-order valence-electron chi connectivity index (χ4n) is 0.887. The largest absolute Gasteiger partial charge is 0.308 e. The van der Waals surface area contributed by atoms with Crippen LogP contribution in [0.1, 0.15) is 12.0 Å². The van der Waals surface area contributed by atoms with Crippen molar-refractivity contribution in [1.29, 1.82) is 0 Å². The third-order valence-corrected chi connectivity index (χ3v) is 1.48. The van der Waals surface area contributed by atoms with Gasteiger partial charge in [-0.1, -0.05) is 0 Å². The number of nitro benzene ring substituents is 1. The van der Waals surface area contributed by atoms with Crippen LogP contribution in [0.3, 0.4) is 0 Å². The average molecular weight is 209 g/mol. The Morgan fingerprint density at radius 2 is 1.86 bits per heavy atom. The molecule has 0 aliphatic rings. The first-order chi connectivity index (χ1) is 6.43. The maximum atomic E-state index is 12.9. The zero-order valence-electron chi connectivity index (χ0n) is 6.51. The molecule has 0 saturated carbocycles. The molecule has 1 aromatic rings. The summed E-state index contributed by atoms with van der Waals surface area (Å²) in [4.78, 5) is 8.84. The van der Waals surface area contributed by atoms with E-state index in [-0.39, 0.29) is 12.1 Å². The van der Waals surface area contributed by atoms with Gasteiger partial charge in [-0.3, -0.25) is 10.1 Å². The van der Waals surface area contributed by atoms with Crippen molar-refractivity contribution in [1.82, 2.24) is 0 Å². The first kappa shape index (κ1) is 10.4. The Hall–Kier alpha value is -1.66. The van der Waals surface area contributed by atoms with Crippen LogP contribution in [0, 0.1) is 21.7 Å². The SMILES string of the molecule is O=[N+]([O-])c1cc(F)cc(C(F)F)c1F. The highest BCUT2D eigenvalue weighted by Crippen LogP contribution is 2.29. The van der Waals surface area contributed by atoms with Crippen LogP contribution >= 0.6 is 0 Å². The van der Waals surface area contributed by atoms with Crippen molar-refractivity contribution in [2.75, 3.05) is 0 Å². The molecule has 1 rings (SSSR count). The fourth-order valence-corrected chi connectivity index (χ4v) is 0.887. The monoisotopic (exact) mass is 209 g/mol. The lowest BCUT2D eigenvalue weighted by Crippen LogP contribution is -1.99. The topological polar surface area (TPSA) is 43.1 Å². The fraction of sp³-hybridized carbons (Fsp3) is 0.143. The number of halogens is 4. The Kier molecular flexibility index (Phi) is 2.68. The van der Waals surface area contributed by atoms with Gasteiger partial charge in [0.2, 0.25) is 5.82 Å². The lowest BCUT2D eigenvalue weighted by Gasteiger charge is -2.02. The van der Waals surface area contributed by atoms with Crippen LogP contribution in [0.5, 0.6) is 0 Å². The summed E-state index contributed by atoms with van der Waals surface area (Å²) >= 11 is 0. The van der Waals surface area contributed by atoms with Gasteiger partial charge in [0.1, 0.15) is 5.82 Å². The lowest BCUT2D eigenvalue weighted by atomic mass is 10.2. The van der Waals surface area contributed by atoms with Crippen molar-refractivity contribution in [2.24, 2.45) is 0 Å². The summed E-state index contributed by atoms with van der Waals surface area (Å²) in [5.41, 5.74) is -2.60. The lowest BCUT2D eigenvalue weighted by molar-refractivity contribution is -0.387. The number of benzene rings is 1. The second-order valence-corrected chi connectivity index (χ2v) is 2.39. The maximum Gasteiger partial charge on any atom is 0.308 e. The summed E-state index contributed by atoms with van der Waals surface area (Å²) in [5.74, 6) is -2.97. The molecule has 76 valence electrons. The van der Waals surface area contributed by atoms with Gasteiger partial charge in [-0.25, -0.2) is 13.2 Å². The van der Waals surface area contributed by atoms with Crippen LogP contribution < -0.4 is 0 Å². The minimum atomic E-state index is -3.29. The van der Waals surface area contributed by atoms with E-state index in [4.69, 9.17) is 0 Å². The zero-order chi connectivity index (χ0) is 10.9. The highest BCUT2D eigenvalue weighted by molar-refractivity contribution is 5.38. The van der Waals surface area contributed by atoms with Crippen LogP contribution in [-0.2, 0) is 0 Å². The molecule has 3 nitrogen and oxygen atoms in total. The molecule has 0 bridgehead atoms. The van der Waals surface area contributed by atoms with E-state index in [1.807, 2.05) is 0 Å². The normalized spacial score (nSPS) is 10.6. The van der Waals surface area contributed by atoms with E-state index in [2.05, 4.69) is 0 Å². The van der Waals surface area contributed by atoms with Crippen LogP contribution in [0.15, 0.2) is 12.1 Å². The molecule has 0 radical (unpaired) electrons. The summed E-state index contributed by atoms with van der Waals surface area (Å²) in [6, 6.07) is 0.480. The molecule has 0 aliphatic heterocycles. The molecule has 7 heteroatoms. The van der Waals surface area contributed by atoms with E-state index in [1.165, 1.54) is 0 Å². The number of nitrogens with zero attached hydrogens (tertiary/aromatic N) is 1. The molecular formula is C7H3F4NO2. The molecule has 0 amide bonds. The van der Waals surface area contributed by atoms with Crippen LogP contribution in [0.4, 0.5) is 23.2 Å². The summed E-state index contributed by atoms with van der Waals surface area (Å²) in [6.07, 6.45) is -3.29. The van der Waals surface area contributed by atoms with E-state index in [0.29, 0.717) is 0 Å². The number of nitro groups is 1. The highest BCUT2D eigenvalue weighted by atomic mass is 19.3. The molecule has 0 N–H and O–H groups in total. The van der Waals surface area contributed by atoms with Crippen LogP contribution in [-0.4, -0.2) is 4.92 Å². The van der Waals surface area contributed by atoms with E-state index in [1.54, 1.807) is 0 Å². The van der Waals surface area contributed by atoms with Gasteiger partial charge in [0, 0.05) is 0 Å². The molecular weight excluding hydrogens is 206 g/mol. The molecule has 0 saturated heterocycles. The van der Waals surface area contributed by atoms with Gasteiger partial charge in [-0.15, -0.1) is 0 Å². The maximum absolute atomic E-state index is 12.9. The standard InChI is InChI=1S/C7H3F4NO2/c8-3-1-4(7(10)11)6(9)5(2-3)12(13)14/h1-2,7H. The molecule has 0 heterocycles. The number of hydrogen-bond donors (Lipinski definition) is 0. The van der Waals surface area contributed by atoms with E-state index < -0.39 is 34.2 Å². The first-order valence-electron chi connectivity index (χ1n) is 3.35. The summed E-state index contributed by atoms with van der Waals surface area (Å²) < 4.78 is 49.4. The Labute approximate surface area is 75.1 Å². The van der Waals surface area contributed by atoms with Crippen molar-refractivity contribution in [3.63, 3.8) is 0 Å². The van der Waals surface area contributed by atoms with E-state index in [9.17, 15) is 27.7 Å². The molecule has 0 fully saturated rings.